The van der Waals surface area contributed by atoms with Crippen LogP contribution in [0.25, 0.3) is 0 Å². The van der Waals surface area contributed by atoms with Gasteiger partial charge in [0.25, 0.3) is 0 Å². The van der Waals surface area contributed by atoms with E-state index >= 15 is 0 Å². The quantitative estimate of drug-likeness (QED) is 0.854. The Kier molecular flexibility index (Phi) is 3.99. The van der Waals surface area contributed by atoms with Crippen molar-refractivity contribution in [2.24, 2.45) is 0 Å². The summed E-state index contributed by atoms with van der Waals surface area (Å²) >= 11 is 0. The lowest BCUT2D eigenvalue weighted by Crippen LogP contribution is -2.40. The minimum absolute atomic E-state index is 0.411. The van der Waals surface area contributed by atoms with E-state index < -0.39 is 11.6 Å². The molecule has 4 nitrogen and oxygen atoms in total. The molecule has 94 valence electrons. The maximum Gasteiger partial charge on any atom is 0.347 e. The predicted octanol–water partition coefficient (Wildman–Crippen LogP) is 2.38. The van der Waals surface area contributed by atoms with Crippen LogP contribution in [0.4, 0.5) is 5.69 Å². The van der Waals surface area contributed by atoms with E-state index in [1.807, 2.05) is 37.2 Å². The Hall–Kier alpha value is -1.71. The van der Waals surface area contributed by atoms with Crippen LogP contribution in [0.5, 0.6) is 5.75 Å². The second kappa shape index (κ2) is 5.08. The summed E-state index contributed by atoms with van der Waals surface area (Å²) in [4.78, 5) is 13.1. The van der Waals surface area contributed by atoms with E-state index in [0.29, 0.717) is 12.2 Å². The highest BCUT2D eigenvalue weighted by Crippen LogP contribution is 2.25. The molecular weight excluding hydrogens is 218 g/mol. The first-order valence-corrected chi connectivity index (χ1v) is 5.59. The zero-order chi connectivity index (χ0) is 13.1. The summed E-state index contributed by atoms with van der Waals surface area (Å²) in [7, 11) is 3.85. The fourth-order valence-corrected chi connectivity index (χ4v) is 1.35. The van der Waals surface area contributed by atoms with Crippen molar-refractivity contribution in [3.05, 3.63) is 24.3 Å². The maximum absolute atomic E-state index is 11.1. The van der Waals surface area contributed by atoms with Gasteiger partial charge in [-0.15, -0.1) is 0 Å². The van der Waals surface area contributed by atoms with Gasteiger partial charge in [0.05, 0.1) is 0 Å². The van der Waals surface area contributed by atoms with Crippen LogP contribution in [-0.4, -0.2) is 30.8 Å². The second-order valence-corrected chi connectivity index (χ2v) is 4.38. The average molecular weight is 237 g/mol. The van der Waals surface area contributed by atoms with Crippen molar-refractivity contribution < 1.29 is 14.6 Å². The Balaban J connectivity index is 2.94. The minimum Gasteiger partial charge on any atom is -0.478 e. The molecule has 0 fully saturated rings. The molecule has 0 radical (unpaired) electrons. The van der Waals surface area contributed by atoms with Gasteiger partial charge in [0.15, 0.2) is 0 Å². The van der Waals surface area contributed by atoms with Crippen LogP contribution in [0.1, 0.15) is 20.3 Å². The smallest absolute Gasteiger partial charge is 0.347 e. The highest BCUT2D eigenvalue weighted by molar-refractivity contribution is 5.77. The van der Waals surface area contributed by atoms with Crippen LogP contribution in [-0.2, 0) is 4.79 Å². The van der Waals surface area contributed by atoms with Gasteiger partial charge < -0.3 is 14.7 Å². The second-order valence-electron chi connectivity index (χ2n) is 4.38. The fraction of sp³-hybridized carbons (Fsp3) is 0.462. The Morgan fingerprint density at radius 3 is 2.59 bits per heavy atom. The van der Waals surface area contributed by atoms with Gasteiger partial charge in [-0.25, -0.2) is 4.79 Å². The van der Waals surface area contributed by atoms with Crippen LogP contribution in [0.15, 0.2) is 24.3 Å². The maximum atomic E-state index is 11.1. The summed E-state index contributed by atoms with van der Waals surface area (Å²) in [6.07, 6.45) is 0.411. The van der Waals surface area contributed by atoms with Crippen LogP contribution in [0, 0.1) is 0 Å². The normalized spacial score (nSPS) is 13.9. The molecule has 0 bridgehead atoms. The fourth-order valence-electron chi connectivity index (χ4n) is 1.35. The highest BCUT2D eigenvalue weighted by atomic mass is 16.5. The number of ether oxygens (including phenoxy) is 1. The van der Waals surface area contributed by atoms with Crippen molar-refractivity contribution in [2.45, 2.75) is 25.9 Å². The molecule has 0 saturated carbocycles. The number of carbonyl (C=O) groups is 1. The van der Waals surface area contributed by atoms with Crippen molar-refractivity contribution in [2.75, 3.05) is 19.0 Å². The third-order valence-corrected chi connectivity index (χ3v) is 2.80. The zero-order valence-electron chi connectivity index (χ0n) is 10.7. The molecule has 0 heterocycles. The lowest BCUT2D eigenvalue weighted by molar-refractivity contribution is -0.154. The lowest BCUT2D eigenvalue weighted by Gasteiger charge is -2.25. The first-order valence-electron chi connectivity index (χ1n) is 5.59. The third-order valence-electron chi connectivity index (χ3n) is 2.80. The third kappa shape index (κ3) is 3.12. The van der Waals surface area contributed by atoms with Gasteiger partial charge in [-0.05, 0) is 25.5 Å². The molecule has 1 unspecified atom stereocenters. The van der Waals surface area contributed by atoms with Crippen LogP contribution < -0.4 is 9.64 Å². The van der Waals surface area contributed by atoms with E-state index in [0.717, 1.165) is 5.69 Å². The van der Waals surface area contributed by atoms with Crippen molar-refractivity contribution in [1.29, 1.82) is 0 Å². The number of carboxylic acid groups (broad SMARTS) is 1. The summed E-state index contributed by atoms with van der Waals surface area (Å²) < 4.78 is 5.58. The molecule has 1 aromatic carbocycles. The summed E-state index contributed by atoms with van der Waals surface area (Å²) in [6, 6.07) is 7.39. The van der Waals surface area contributed by atoms with Gasteiger partial charge in [0.2, 0.25) is 5.60 Å². The molecule has 1 aromatic rings. The Morgan fingerprint density at radius 1 is 1.47 bits per heavy atom. The topological polar surface area (TPSA) is 49.8 Å². The van der Waals surface area contributed by atoms with Crippen LogP contribution >= 0.6 is 0 Å². The monoisotopic (exact) mass is 237 g/mol. The van der Waals surface area contributed by atoms with Crippen molar-refractivity contribution >= 4 is 11.7 Å². The first-order chi connectivity index (χ1) is 7.89. The number of anilines is 1. The molecule has 0 saturated heterocycles. The molecule has 1 rings (SSSR count). The summed E-state index contributed by atoms with van der Waals surface area (Å²) in [5.41, 5.74) is -0.198. The first kappa shape index (κ1) is 13.4. The Labute approximate surface area is 102 Å². The van der Waals surface area contributed by atoms with Crippen molar-refractivity contribution in [1.82, 2.24) is 0 Å². The standard InChI is InChI=1S/C13H19NO3/c1-5-13(2,12(15)16)17-11-8-6-7-10(9-11)14(3)4/h6-9H,5H2,1-4H3,(H,15,16). The average Bonchev–Trinajstić information content (AvgIpc) is 2.29. The molecule has 0 spiro atoms. The number of rotatable bonds is 5. The van der Waals surface area contributed by atoms with E-state index in [-0.39, 0.29) is 0 Å². The molecule has 4 heteroatoms. The Morgan fingerprint density at radius 2 is 2.12 bits per heavy atom. The molecule has 0 amide bonds. The van der Waals surface area contributed by atoms with Gasteiger partial charge in [0.1, 0.15) is 5.75 Å². The van der Waals surface area contributed by atoms with Crippen molar-refractivity contribution in [3.63, 3.8) is 0 Å². The molecule has 17 heavy (non-hydrogen) atoms. The van der Waals surface area contributed by atoms with Gasteiger partial charge in [-0.2, -0.15) is 0 Å². The highest BCUT2D eigenvalue weighted by Gasteiger charge is 2.33. The molecular formula is C13H19NO3. The lowest BCUT2D eigenvalue weighted by atomic mass is 10.0. The molecule has 0 aliphatic carbocycles. The predicted molar refractivity (Wildman–Crippen MR) is 67.7 cm³/mol. The van der Waals surface area contributed by atoms with E-state index in [1.54, 1.807) is 19.9 Å². The number of carboxylic acids is 1. The van der Waals surface area contributed by atoms with Crippen LogP contribution in [0.2, 0.25) is 0 Å². The number of aliphatic carboxylic acids is 1. The van der Waals surface area contributed by atoms with E-state index in [1.165, 1.54) is 0 Å². The summed E-state index contributed by atoms with van der Waals surface area (Å²) in [5, 5.41) is 9.14. The zero-order valence-corrected chi connectivity index (χ0v) is 10.7. The number of hydrogen-bond donors (Lipinski definition) is 1. The molecule has 1 atom stereocenters. The van der Waals surface area contributed by atoms with Gasteiger partial charge in [0, 0.05) is 25.8 Å². The van der Waals surface area contributed by atoms with Gasteiger partial charge in [-0.1, -0.05) is 13.0 Å². The van der Waals surface area contributed by atoms with Gasteiger partial charge in [-0.3, -0.25) is 0 Å². The number of nitrogens with zero attached hydrogens (tertiary/aromatic N) is 1. The van der Waals surface area contributed by atoms with E-state index in [4.69, 9.17) is 9.84 Å². The number of hydrogen-bond acceptors (Lipinski definition) is 3. The van der Waals surface area contributed by atoms with Gasteiger partial charge >= 0.3 is 5.97 Å². The number of benzene rings is 1. The molecule has 1 N–H and O–H groups in total. The SMILES string of the molecule is CCC(C)(Oc1cccc(N(C)C)c1)C(=O)O. The van der Waals surface area contributed by atoms with Crippen LogP contribution in [0.3, 0.4) is 0 Å². The Bertz CT molecular complexity index is 403. The van der Waals surface area contributed by atoms with E-state index in [2.05, 4.69) is 0 Å². The largest absolute Gasteiger partial charge is 0.478 e. The minimum atomic E-state index is -1.18. The van der Waals surface area contributed by atoms with E-state index in [9.17, 15) is 4.79 Å². The summed E-state index contributed by atoms with van der Waals surface area (Å²) in [6.45, 7) is 3.38. The van der Waals surface area contributed by atoms with Crippen molar-refractivity contribution in [3.8, 4) is 5.75 Å². The molecule has 0 aromatic heterocycles. The molecule has 0 aliphatic rings. The summed E-state index contributed by atoms with van der Waals surface area (Å²) in [5.74, 6) is -0.377. The molecule has 0 aliphatic heterocycles.